The predicted molar refractivity (Wildman–Crippen MR) is 89.9 cm³/mol. The van der Waals surface area contributed by atoms with E-state index in [9.17, 15) is 4.39 Å². The van der Waals surface area contributed by atoms with Crippen LogP contribution >= 0.6 is 15.9 Å². The van der Waals surface area contributed by atoms with Gasteiger partial charge in [0.25, 0.3) is 0 Å². The average Bonchev–Trinajstić information content (AvgIpc) is 2.42. The number of benzene rings is 1. The van der Waals surface area contributed by atoms with Crippen LogP contribution in [-0.2, 0) is 6.54 Å². The molecule has 21 heavy (non-hydrogen) atoms. The third-order valence-electron chi connectivity index (χ3n) is 4.02. The van der Waals surface area contributed by atoms with Gasteiger partial charge in [0.1, 0.15) is 5.82 Å². The molecular weight excluding hydrogens is 331 g/mol. The van der Waals surface area contributed by atoms with E-state index >= 15 is 0 Å². The SMILES string of the molecule is CC(C)(C)NCC1CCCCN1Cc1cccc(F)c1Br. The first-order chi connectivity index (χ1) is 9.87. The van der Waals surface area contributed by atoms with Crippen molar-refractivity contribution in [3.05, 3.63) is 34.1 Å². The zero-order chi connectivity index (χ0) is 15.5. The summed E-state index contributed by atoms with van der Waals surface area (Å²) in [5.74, 6) is -0.172. The number of piperidine rings is 1. The van der Waals surface area contributed by atoms with Gasteiger partial charge in [0.2, 0.25) is 0 Å². The third-order valence-corrected chi connectivity index (χ3v) is 4.91. The fraction of sp³-hybridized carbons (Fsp3) is 0.647. The summed E-state index contributed by atoms with van der Waals surface area (Å²) in [4.78, 5) is 2.49. The number of hydrogen-bond acceptors (Lipinski definition) is 2. The Morgan fingerprint density at radius 3 is 2.81 bits per heavy atom. The number of rotatable bonds is 4. The third kappa shape index (κ3) is 5.04. The molecule has 2 nitrogen and oxygen atoms in total. The van der Waals surface area contributed by atoms with E-state index in [0.717, 1.165) is 25.2 Å². The lowest BCUT2D eigenvalue weighted by Gasteiger charge is -2.37. The van der Waals surface area contributed by atoms with Crippen molar-refractivity contribution in [2.24, 2.45) is 0 Å². The van der Waals surface area contributed by atoms with Crippen LogP contribution in [0.5, 0.6) is 0 Å². The number of nitrogens with zero attached hydrogens (tertiary/aromatic N) is 1. The Hall–Kier alpha value is -0.450. The number of halogens is 2. The molecule has 0 radical (unpaired) electrons. The van der Waals surface area contributed by atoms with Crippen molar-refractivity contribution < 1.29 is 4.39 Å². The van der Waals surface area contributed by atoms with E-state index in [1.807, 2.05) is 6.07 Å². The second kappa shape index (κ2) is 7.21. The van der Waals surface area contributed by atoms with Gasteiger partial charge in [0.05, 0.1) is 4.47 Å². The fourth-order valence-corrected chi connectivity index (χ4v) is 3.20. The molecule has 0 spiro atoms. The molecule has 118 valence electrons. The van der Waals surface area contributed by atoms with Crippen LogP contribution in [0.2, 0.25) is 0 Å². The van der Waals surface area contributed by atoms with Crippen LogP contribution in [0.3, 0.4) is 0 Å². The van der Waals surface area contributed by atoms with E-state index in [0.29, 0.717) is 10.5 Å². The Morgan fingerprint density at radius 1 is 1.33 bits per heavy atom. The van der Waals surface area contributed by atoms with Crippen LogP contribution in [0.25, 0.3) is 0 Å². The largest absolute Gasteiger partial charge is 0.311 e. The van der Waals surface area contributed by atoms with Gasteiger partial charge < -0.3 is 5.32 Å². The Kier molecular flexibility index (Phi) is 5.81. The first-order valence-electron chi connectivity index (χ1n) is 7.79. The van der Waals surface area contributed by atoms with Crippen LogP contribution in [0.4, 0.5) is 4.39 Å². The van der Waals surface area contributed by atoms with Crippen molar-refractivity contribution in [2.75, 3.05) is 13.1 Å². The van der Waals surface area contributed by atoms with Crippen molar-refractivity contribution >= 4 is 15.9 Å². The van der Waals surface area contributed by atoms with Crippen molar-refractivity contribution in [1.82, 2.24) is 10.2 Å². The smallest absolute Gasteiger partial charge is 0.137 e. The molecule has 0 aliphatic carbocycles. The van der Waals surface area contributed by atoms with Gasteiger partial charge in [-0.05, 0) is 67.7 Å². The lowest BCUT2D eigenvalue weighted by Crippen LogP contribution is -2.49. The molecule has 2 rings (SSSR count). The van der Waals surface area contributed by atoms with Crippen LogP contribution in [0.1, 0.15) is 45.6 Å². The van der Waals surface area contributed by atoms with Crippen molar-refractivity contribution in [2.45, 2.75) is 58.2 Å². The minimum Gasteiger partial charge on any atom is -0.311 e. The molecule has 0 saturated carbocycles. The zero-order valence-corrected chi connectivity index (χ0v) is 14.8. The van der Waals surface area contributed by atoms with E-state index in [2.05, 4.69) is 46.9 Å². The summed E-state index contributed by atoms with van der Waals surface area (Å²) in [6, 6.07) is 5.84. The maximum Gasteiger partial charge on any atom is 0.137 e. The fourth-order valence-electron chi connectivity index (χ4n) is 2.81. The van der Waals surface area contributed by atoms with Gasteiger partial charge >= 0.3 is 0 Å². The first-order valence-corrected chi connectivity index (χ1v) is 8.58. The molecule has 1 heterocycles. The van der Waals surface area contributed by atoms with Gasteiger partial charge in [-0.25, -0.2) is 4.39 Å². The van der Waals surface area contributed by atoms with Crippen LogP contribution in [0.15, 0.2) is 22.7 Å². The van der Waals surface area contributed by atoms with E-state index in [1.165, 1.54) is 25.3 Å². The van der Waals surface area contributed by atoms with Crippen LogP contribution in [0, 0.1) is 5.82 Å². The minimum absolute atomic E-state index is 0.141. The summed E-state index contributed by atoms with van der Waals surface area (Å²) in [5, 5.41) is 3.61. The van der Waals surface area contributed by atoms with Gasteiger partial charge in [-0.3, -0.25) is 4.90 Å². The molecule has 1 N–H and O–H groups in total. The van der Waals surface area contributed by atoms with Gasteiger partial charge in [-0.1, -0.05) is 18.6 Å². The molecule has 1 fully saturated rings. The Morgan fingerprint density at radius 2 is 2.10 bits per heavy atom. The Balaban J connectivity index is 2.03. The summed E-state index contributed by atoms with van der Waals surface area (Å²) >= 11 is 3.38. The predicted octanol–water partition coefficient (Wildman–Crippen LogP) is 4.33. The normalized spacial score (nSPS) is 20.7. The van der Waals surface area contributed by atoms with E-state index < -0.39 is 0 Å². The van der Waals surface area contributed by atoms with Crippen molar-refractivity contribution in [3.63, 3.8) is 0 Å². The highest BCUT2D eigenvalue weighted by molar-refractivity contribution is 9.10. The van der Waals surface area contributed by atoms with E-state index in [1.54, 1.807) is 6.07 Å². The molecule has 0 aromatic heterocycles. The second-order valence-corrected chi connectivity index (χ2v) is 7.76. The van der Waals surface area contributed by atoms with E-state index in [4.69, 9.17) is 0 Å². The highest BCUT2D eigenvalue weighted by atomic mass is 79.9. The molecule has 1 aromatic carbocycles. The molecule has 1 saturated heterocycles. The molecule has 1 aromatic rings. The van der Waals surface area contributed by atoms with Gasteiger partial charge in [0.15, 0.2) is 0 Å². The Labute approximate surface area is 136 Å². The monoisotopic (exact) mass is 356 g/mol. The number of nitrogens with one attached hydrogen (secondary N) is 1. The number of likely N-dealkylation sites (tertiary alicyclic amines) is 1. The second-order valence-electron chi connectivity index (χ2n) is 6.96. The standard InChI is InChI=1S/C17H26BrFN2/c1-17(2,3)20-11-14-8-4-5-10-21(14)12-13-7-6-9-15(19)16(13)18/h6-7,9,14,20H,4-5,8,10-12H2,1-3H3. The summed E-state index contributed by atoms with van der Waals surface area (Å²) in [6.07, 6.45) is 3.74. The van der Waals surface area contributed by atoms with Crippen molar-refractivity contribution in [1.29, 1.82) is 0 Å². The molecule has 0 bridgehead atoms. The summed E-state index contributed by atoms with van der Waals surface area (Å²) in [5.41, 5.74) is 1.18. The topological polar surface area (TPSA) is 15.3 Å². The van der Waals surface area contributed by atoms with Gasteiger partial charge in [-0.2, -0.15) is 0 Å². The van der Waals surface area contributed by atoms with E-state index in [-0.39, 0.29) is 11.4 Å². The summed E-state index contributed by atoms with van der Waals surface area (Å²) < 4.78 is 14.3. The average molecular weight is 357 g/mol. The molecule has 1 aliphatic rings. The summed E-state index contributed by atoms with van der Waals surface area (Å²) in [6.45, 7) is 9.50. The highest BCUT2D eigenvalue weighted by Crippen LogP contribution is 2.25. The number of hydrogen-bond donors (Lipinski definition) is 1. The van der Waals surface area contributed by atoms with Crippen molar-refractivity contribution in [3.8, 4) is 0 Å². The Bertz CT molecular complexity index is 470. The van der Waals surface area contributed by atoms with Gasteiger partial charge in [0, 0.05) is 24.7 Å². The quantitative estimate of drug-likeness (QED) is 0.863. The maximum atomic E-state index is 13.7. The molecule has 1 atom stereocenters. The minimum atomic E-state index is -0.172. The highest BCUT2D eigenvalue weighted by Gasteiger charge is 2.24. The summed E-state index contributed by atoms with van der Waals surface area (Å²) in [7, 11) is 0. The molecule has 1 aliphatic heterocycles. The molecule has 1 unspecified atom stereocenters. The van der Waals surface area contributed by atoms with Gasteiger partial charge in [-0.15, -0.1) is 0 Å². The molecular formula is C17H26BrFN2. The maximum absolute atomic E-state index is 13.7. The first kappa shape index (κ1) is 16.9. The van der Waals surface area contributed by atoms with Crippen LogP contribution < -0.4 is 5.32 Å². The molecule has 0 amide bonds. The zero-order valence-electron chi connectivity index (χ0n) is 13.3. The van der Waals surface area contributed by atoms with Crippen LogP contribution in [-0.4, -0.2) is 29.6 Å². The lowest BCUT2D eigenvalue weighted by molar-refractivity contribution is 0.130. The molecule has 4 heteroatoms. The lowest BCUT2D eigenvalue weighted by atomic mass is 9.99.